The minimum Gasteiger partial charge on any atom is -0.478 e. The van der Waals surface area contributed by atoms with E-state index in [1.54, 1.807) is 0 Å². The van der Waals surface area contributed by atoms with Crippen molar-refractivity contribution < 1.29 is 42.9 Å². The molecule has 11 heteroatoms. The average Bonchev–Trinajstić information content (AvgIpc) is 3.36. The normalized spacial score (nSPS) is 41.0. The standard InChI is InChI=1S/C36H46N2O9/c1-19(39)43-27-10-9-23-17-34(6)33(5)12-11-29(45-21(3)41)35(7)36(33,30(23)32(27)47-35)13-14-38(34)18-24-15-26-31(46-22(4)42)28(44-20(2)40)16-25(24)37(26)8/h9-12,24-26,28-29,31H,13-18H2,1-8H3/t24?,25-,26-,28-,29-,31+,33-,34+,35-,36+/m0/s1. The quantitative estimate of drug-likeness (QED) is 0.195. The number of likely N-dealkylation sites (N-methyl/N-ethyl adjacent to an activating group) is 1. The molecule has 0 saturated carbocycles. The SMILES string of the molecule is CC(=O)Oc1ccc2c3c1O[C@@]1(C)[C@@H](OC(C)=O)C=C[C@]4(C)[C@@]31CCN(CC1C[C@H]3[C@@H](OC(C)=O)[C@@H](OC(C)=O)C[C@@H]1N3C)[C@]4(C)C2. The van der Waals surface area contributed by atoms with Crippen LogP contribution >= 0.6 is 0 Å². The predicted molar refractivity (Wildman–Crippen MR) is 169 cm³/mol. The Balaban J connectivity index is 1.29. The molecule has 47 heavy (non-hydrogen) atoms. The van der Waals surface area contributed by atoms with Crippen LogP contribution in [0.25, 0.3) is 0 Å². The third-order valence-electron chi connectivity index (χ3n) is 12.9. The van der Waals surface area contributed by atoms with Gasteiger partial charge in [-0.05, 0) is 70.3 Å². The highest BCUT2D eigenvalue weighted by molar-refractivity contribution is 5.74. The van der Waals surface area contributed by atoms with E-state index in [0.29, 0.717) is 17.9 Å². The summed E-state index contributed by atoms with van der Waals surface area (Å²) in [6, 6.07) is 4.00. The fraction of sp³-hybridized carbons (Fsp3) is 0.667. The minimum absolute atomic E-state index is 0.0496. The number of likely N-dealkylation sites (tertiary alicyclic amines) is 1. The number of piperidine rings is 2. The summed E-state index contributed by atoms with van der Waals surface area (Å²) in [5, 5.41) is 0. The predicted octanol–water partition coefficient (Wildman–Crippen LogP) is 3.49. The van der Waals surface area contributed by atoms with Crippen LogP contribution in [-0.2, 0) is 45.2 Å². The Hall–Kier alpha value is -3.44. The van der Waals surface area contributed by atoms with Gasteiger partial charge >= 0.3 is 23.9 Å². The first kappa shape index (κ1) is 32.1. The Kier molecular flexibility index (Phi) is 7.20. The highest BCUT2D eigenvalue weighted by atomic mass is 16.6. The molecule has 1 aromatic carbocycles. The first-order chi connectivity index (χ1) is 22.1. The van der Waals surface area contributed by atoms with Crippen LogP contribution in [0.15, 0.2) is 24.3 Å². The molecule has 10 atom stereocenters. The number of hydrogen-bond donors (Lipinski definition) is 0. The second kappa shape index (κ2) is 10.5. The van der Waals surface area contributed by atoms with Crippen LogP contribution in [0, 0.1) is 11.3 Å². The molecule has 4 heterocycles. The fourth-order valence-corrected chi connectivity index (χ4v) is 10.9. The molecule has 6 aliphatic rings. The molecule has 4 bridgehead atoms. The van der Waals surface area contributed by atoms with E-state index in [9.17, 15) is 19.2 Å². The summed E-state index contributed by atoms with van der Waals surface area (Å²) < 4.78 is 30.1. The van der Waals surface area contributed by atoms with Crippen molar-refractivity contribution in [2.75, 3.05) is 20.1 Å². The van der Waals surface area contributed by atoms with Gasteiger partial charge in [0.25, 0.3) is 0 Å². The van der Waals surface area contributed by atoms with Crippen LogP contribution < -0.4 is 9.47 Å². The molecule has 1 spiro atoms. The molecule has 1 aromatic rings. The number of nitrogens with zero attached hydrogens (tertiary/aromatic N) is 2. The number of hydrogen-bond acceptors (Lipinski definition) is 11. The van der Waals surface area contributed by atoms with Gasteiger partial charge in [0.15, 0.2) is 29.3 Å². The van der Waals surface area contributed by atoms with E-state index in [-0.39, 0.29) is 41.4 Å². The monoisotopic (exact) mass is 650 g/mol. The third kappa shape index (κ3) is 4.24. The Bertz CT molecular complexity index is 1590. The van der Waals surface area contributed by atoms with E-state index in [1.807, 2.05) is 19.1 Å². The minimum atomic E-state index is -0.943. The zero-order chi connectivity index (χ0) is 33.8. The van der Waals surface area contributed by atoms with E-state index in [1.165, 1.54) is 27.7 Å². The number of ether oxygens (including phenoxy) is 5. The average molecular weight is 651 g/mol. The molecule has 0 N–H and O–H groups in total. The van der Waals surface area contributed by atoms with Gasteiger partial charge in [-0.1, -0.05) is 19.1 Å². The van der Waals surface area contributed by atoms with E-state index in [2.05, 4.69) is 42.8 Å². The van der Waals surface area contributed by atoms with Crippen LogP contribution in [0.1, 0.15) is 78.9 Å². The van der Waals surface area contributed by atoms with E-state index in [4.69, 9.17) is 23.7 Å². The van der Waals surface area contributed by atoms with E-state index < -0.39 is 40.7 Å². The van der Waals surface area contributed by atoms with Crippen molar-refractivity contribution in [2.24, 2.45) is 11.3 Å². The third-order valence-corrected chi connectivity index (χ3v) is 12.9. The zero-order valence-electron chi connectivity index (χ0n) is 28.6. The molecule has 11 nitrogen and oxygen atoms in total. The second-order valence-electron chi connectivity index (χ2n) is 15.1. The van der Waals surface area contributed by atoms with Crippen LogP contribution in [0.2, 0.25) is 0 Å². The van der Waals surface area contributed by atoms with Crippen molar-refractivity contribution >= 4 is 23.9 Å². The molecule has 3 saturated heterocycles. The Morgan fingerprint density at radius 3 is 2.28 bits per heavy atom. The molecular weight excluding hydrogens is 604 g/mol. The number of rotatable bonds is 6. The molecule has 0 amide bonds. The van der Waals surface area contributed by atoms with Crippen LogP contribution in [0.4, 0.5) is 0 Å². The van der Waals surface area contributed by atoms with Gasteiger partial charge in [-0.25, -0.2) is 0 Å². The van der Waals surface area contributed by atoms with E-state index >= 15 is 0 Å². The highest BCUT2D eigenvalue weighted by Gasteiger charge is 2.78. The highest BCUT2D eigenvalue weighted by Crippen LogP contribution is 2.74. The maximum atomic E-state index is 12.4. The van der Waals surface area contributed by atoms with Gasteiger partial charge in [-0.15, -0.1) is 0 Å². The van der Waals surface area contributed by atoms with Gasteiger partial charge in [-0.2, -0.15) is 0 Å². The second-order valence-corrected chi connectivity index (χ2v) is 15.1. The van der Waals surface area contributed by atoms with Crippen molar-refractivity contribution in [3.8, 4) is 11.5 Å². The topological polar surface area (TPSA) is 121 Å². The van der Waals surface area contributed by atoms with Gasteiger partial charge < -0.3 is 23.7 Å². The van der Waals surface area contributed by atoms with Crippen LogP contribution in [0.3, 0.4) is 0 Å². The van der Waals surface area contributed by atoms with Crippen molar-refractivity contribution in [1.82, 2.24) is 9.80 Å². The Morgan fingerprint density at radius 2 is 1.62 bits per heavy atom. The molecule has 0 radical (unpaired) electrons. The van der Waals surface area contributed by atoms with Gasteiger partial charge in [0.1, 0.15) is 6.10 Å². The van der Waals surface area contributed by atoms with Crippen molar-refractivity contribution in [2.45, 2.75) is 121 Å². The van der Waals surface area contributed by atoms with E-state index in [0.717, 1.165) is 43.5 Å². The summed E-state index contributed by atoms with van der Waals surface area (Å²) in [7, 11) is 2.09. The fourth-order valence-electron chi connectivity index (χ4n) is 10.9. The Morgan fingerprint density at radius 1 is 0.915 bits per heavy atom. The van der Waals surface area contributed by atoms with Crippen LogP contribution in [0.5, 0.6) is 11.5 Å². The van der Waals surface area contributed by atoms with Gasteiger partial charge in [0, 0.05) is 63.2 Å². The molecule has 7 rings (SSSR count). The van der Waals surface area contributed by atoms with Crippen molar-refractivity contribution in [3.05, 3.63) is 35.4 Å². The molecule has 1 unspecified atom stereocenters. The summed E-state index contributed by atoms with van der Waals surface area (Å²) in [5.41, 5.74) is -0.107. The lowest BCUT2D eigenvalue weighted by Gasteiger charge is -2.71. The molecule has 4 aliphatic heterocycles. The lowest BCUT2D eigenvalue weighted by atomic mass is 9.39. The summed E-state index contributed by atoms with van der Waals surface area (Å²) in [6.45, 7) is 13.9. The molecule has 0 aromatic heterocycles. The number of carbonyl (C=O) groups is 4. The van der Waals surface area contributed by atoms with Gasteiger partial charge in [0.05, 0.1) is 11.5 Å². The lowest BCUT2D eigenvalue weighted by Crippen LogP contribution is -2.79. The maximum absolute atomic E-state index is 12.4. The smallest absolute Gasteiger partial charge is 0.308 e. The zero-order valence-corrected chi connectivity index (χ0v) is 28.6. The first-order valence-corrected chi connectivity index (χ1v) is 16.8. The summed E-state index contributed by atoms with van der Waals surface area (Å²) in [5.74, 6) is -0.330. The summed E-state index contributed by atoms with van der Waals surface area (Å²) in [6.07, 6.45) is 5.53. The lowest BCUT2D eigenvalue weighted by molar-refractivity contribution is -0.193. The van der Waals surface area contributed by atoms with Crippen molar-refractivity contribution in [1.29, 1.82) is 0 Å². The summed E-state index contributed by atoms with van der Waals surface area (Å²) in [4.78, 5) is 53.6. The van der Waals surface area contributed by atoms with Crippen molar-refractivity contribution in [3.63, 3.8) is 0 Å². The molecular formula is C36H46N2O9. The van der Waals surface area contributed by atoms with Crippen LogP contribution in [-0.4, -0.2) is 95.3 Å². The Labute approximate surface area is 275 Å². The van der Waals surface area contributed by atoms with Gasteiger partial charge in [0.2, 0.25) is 0 Å². The largest absolute Gasteiger partial charge is 0.478 e. The molecule has 254 valence electrons. The number of benzene rings is 1. The number of esters is 4. The maximum Gasteiger partial charge on any atom is 0.308 e. The number of carbonyl (C=O) groups excluding carboxylic acids is 4. The molecule has 3 fully saturated rings. The van der Waals surface area contributed by atoms with Gasteiger partial charge in [-0.3, -0.25) is 29.0 Å². The summed E-state index contributed by atoms with van der Waals surface area (Å²) >= 11 is 0. The molecule has 2 aliphatic carbocycles. The number of fused-ring (bicyclic) bond motifs is 2. The first-order valence-electron chi connectivity index (χ1n) is 16.8.